The van der Waals surface area contributed by atoms with Gasteiger partial charge in [-0.2, -0.15) is 0 Å². The largest absolute Gasteiger partial charge is 0.334 e. The Morgan fingerprint density at radius 3 is 2.46 bits per heavy atom. The van der Waals surface area contributed by atoms with Crippen LogP contribution in [0, 0.1) is 11.7 Å². The monoisotopic (exact) mass is 420 g/mol. The summed E-state index contributed by atoms with van der Waals surface area (Å²) in [7, 11) is 0. The molecule has 1 amide bonds. The first-order chi connectivity index (χ1) is 13.2. The third kappa shape index (κ3) is 5.07. The molecule has 4 rings (SSSR count). The molecule has 6 heteroatoms. The standard InChI is InChI=1S/C22H25FN2OS.ClH/c23-19-5-7-20(8-6-19)27-14-13-24-11-9-17(10-12-24)15-25-16-18-3-1-2-4-21(18)22(25)26;/h1-8,17H,9-16H2;1H. The van der Waals surface area contributed by atoms with Gasteiger partial charge in [0.15, 0.2) is 0 Å². The number of fused-ring (bicyclic) bond motifs is 1. The van der Waals surface area contributed by atoms with Crippen LogP contribution in [0.5, 0.6) is 0 Å². The van der Waals surface area contributed by atoms with Crippen molar-refractivity contribution in [2.24, 2.45) is 5.92 Å². The van der Waals surface area contributed by atoms with Gasteiger partial charge in [-0.25, -0.2) is 4.39 Å². The van der Waals surface area contributed by atoms with Gasteiger partial charge in [0.1, 0.15) is 5.82 Å². The van der Waals surface area contributed by atoms with Gasteiger partial charge in [0.2, 0.25) is 0 Å². The van der Waals surface area contributed by atoms with E-state index in [2.05, 4.69) is 11.0 Å². The van der Waals surface area contributed by atoms with Gasteiger partial charge >= 0.3 is 0 Å². The maximum Gasteiger partial charge on any atom is 0.254 e. The van der Waals surface area contributed by atoms with Crippen LogP contribution in [0.3, 0.4) is 0 Å². The first-order valence-electron chi connectivity index (χ1n) is 9.67. The zero-order chi connectivity index (χ0) is 18.6. The summed E-state index contributed by atoms with van der Waals surface area (Å²) in [6.07, 6.45) is 2.31. The molecule has 2 aliphatic rings. The lowest BCUT2D eigenvalue weighted by Crippen LogP contribution is -2.39. The predicted molar refractivity (Wildman–Crippen MR) is 115 cm³/mol. The summed E-state index contributed by atoms with van der Waals surface area (Å²) in [6, 6.07) is 14.7. The molecule has 2 aromatic carbocycles. The number of rotatable bonds is 6. The molecule has 3 nitrogen and oxygen atoms in total. The molecule has 0 atom stereocenters. The summed E-state index contributed by atoms with van der Waals surface area (Å²) in [5.74, 6) is 1.64. The number of piperidine rings is 1. The van der Waals surface area contributed by atoms with Crippen LogP contribution in [0.2, 0.25) is 0 Å². The molecular weight excluding hydrogens is 395 g/mol. The van der Waals surface area contributed by atoms with Crippen molar-refractivity contribution in [2.75, 3.05) is 31.9 Å². The number of carbonyl (C=O) groups is 1. The van der Waals surface area contributed by atoms with Crippen molar-refractivity contribution in [3.05, 3.63) is 65.5 Å². The van der Waals surface area contributed by atoms with Crippen LogP contribution in [0.1, 0.15) is 28.8 Å². The van der Waals surface area contributed by atoms with E-state index in [0.29, 0.717) is 5.92 Å². The fraction of sp³-hybridized carbons (Fsp3) is 0.409. The number of thioether (sulfide) groups is 1. The molecule has 0 saturated carbocycles. The zero-order valence-electron chi connectivity index (χ0n) is 15.9. The van der Waals surface area contributed by atoms with Crippen LogP contribution in [0.25, 0.3) is 0 Å². The molecule has 0 unspecified atom stereocenters. The molecule has 0 bridgehead atoms. The molecule has 150 valence electrons. The van der Waals surface area contributed by atoms with Crippen LogP contribution >= 0.6 is 24.2 Å². The van der Waals surface area contributed by atoms with Gasteiger partial charge in [-0.15, -0.1) is 24.2 Å². The highest BCUT2D eigenvalue weighted by atomic mass is 35.5. The van der Waals surface area contributed by atoms with Crippen molar-refractivity contribution in [1.82, 2.24) is 9.80 Å². The van der Waals surface area contributed by atoms with Gasteiger partial charge in [0, 0.05) is 35.8 Å². The van der Waals surface area contributed by atoms with Crippen molar-refractivity contribution in [1.29, 1.82) is 0 Å². The van der Waals surface area contributed by atoms with E-state index in [4.69, 9.17) is 0 Å². The maximum absolute atomic E-state index is 12.9. The van der Waals surface area contributed by atoms with E-state index in [-0.39, 0.29) is 24.1 Å². The lowest BCUT2D eigenvalue weighted by Gasteiger charge is -2.33. The Bertz CT molecular complexity index is 793. The van der Waals surface area contributed by atoms with Gasteiger partial charge < -0.3 is 9.80 Å². The summed E-state index contributed by atoms with van der Waals surface area (Å²) in [5.41, 5.74) is 2.05. The van der Waals surface area contributed by atoms with E-state index in [9.17, 15) is 9.18 Å². The molecule has 1 fully saturated rings. The molecule has 2 heterocycles. The maximum atomic E-state index is 12.9. The normalized spacial score (nSPS) is 17.5. The van der Waals surface area contributed by atoms with Crippen LogP contribution < -0.4 is 0 Å². The van der Waals surface area contributed by atoms with Gasteiger partial charge in [-0.3, -0.25) is 4.79 Å². The Balaban J connectivity index is 0.00000225. The molecular formula is C22H26ClFN2OS. The molecule has 0 aromatic heterocycles. The fourth-order valence-electron chi connectivity index (χ4n) is 3.99. The Kier molecular flexibility index (Phi) is 7.38. The second kappa shape index (κ2) is 9.77. The van der Waals surface area contributed by atoms with E-state index in [1.807, 2.05) is 35.2 Å². The topological polar surface area (TPSA) is 23.6 Å². The first kappa shape index (κ1) is 21.2. The van der Waals surface area contributed by atoms with Crippen LogP contribution in [0.4, 0.5) is 4.39 Å². The summed E-state index contributed by atoms with van der Waals surface area (Å²) in [5, 5.41) is 0. The van der Waals surface area contributed by atoms with E-state index >= 15 is 0 Å². The lowest BCUT2D eigenvalue weighted by atomic mass is 9.96. The van der Waals surface area contributed by atoms with Gasteiger partial charge in [0.25, 0.3) is 5.91 Å². The van der Waals surface area contributed by atoms with E-state index in [1.54, 1.807) is 11.8 Å². The molecule has 0 radical (unpaired) electrons. The molecule has 2 aliphatic heterocycles. The third-order valence-electron chi connectivity index (χ3n) is 5.57. The minimum atomic E-state index is -0.180. The van der Waals surface area contributed by atoms with Crippen molar-refractivity contribution in [2.45, 2.75) is 24.3 Å². The highest BCUT2D eigenvalue weighted by Crippen LogP contribution is 2.26. The van der Waals surface area contributed by atoms with Gasteiger partial charge in [-0.05, 0) is 67.7 Å². The fourth-order valence-corrected chi connectivity index (χ4v) is 4.90. The highest BCUT2D eigenvalue weighted by Gasteiger charge is 2.29. The van der Waals surface area contributed by atoms with Gasteiger partial charge in [-0.1, -0.05) is 18.2 Å². The summed E-state index contributed by atoms with van der Waals surface area (Å²) >= 11 is 1.78. The second-order valence-electron chi connectivity index (χ2n) is 7.43. The summed E-state index contributed by atoms with van der Waals surface area (Å²) < 4.78 is 12.9. The van der Waals surface area contributed by atoms with Crippen molar-refractivity contribution in [3.8, 4) is 0 Å². The van der Waals surface area contributed by atoms with E-state index in [0.717, 1.165) is 67.3 Å². The zero-order valence-corrected chi connectivity index (χ0v) is 17.5. The molecule has 0 N–H and O–H groups in total. The summed E-state index contributed by atoms with van der Waals surface area (Å²) in [4.78, 5) is 18.2. The van der Waals surface area contributed by atoms with Crippen molar-refractivity contribution < 1.29 is 9.18 Å². The minimum Gasteiger partial charge on any atom is -0.334 e. The van der Waals surface area contributed by atoms with Crippen molar-refractivity contribution >= 4 is 30.1 Å². The van der Waals surface area contributed by atoms with Crippen LogP contribution in [-0.2, 0) is 6.54 Å². The molecule has 1 saturated heterocycles. The number of amides is 1. The molecule has 0 spiro atoms. The van der Waals surface area contributed by atoms with Crippen LogP contribution in [-0.4, -0.2) is 47.6 Å². The van der Waals surface area contributed by atoms with E-state index < -0.39 is 0 Å². The smallest absolute Gasteiger partial charge is 0.254 e. The number of likely N-dealkylation sites (tertiary alicyclic amines) is 1. The average Bonchev–Trinajstić information content (AvgIpc) is 3.01. The number of nitrogens with zero attached hydrogens (tertiary/aromatic N) is 2. The van der Waals surface area contributed by atoms with Gasteiger partial charge in [0.05, 0.1) is 0 Å². The van der Waals surface area contributed by atoms with Crippen LogP contribution in [0.15, 0.2) is 53.4 Å². The molecule has 0 aliphatic carbocycles. The summed E-state index contributed by atoms with van der Waals surface area (Å²) in [6.45, 7) is 4.91. The number of hydrogen-bond acceptors (Lipinski definition) is 3. The predicted octanol–water partition coefficient (Wildman–Crippen LogP) is 4.71. The lowest BCUT2D eigenvalue weighted by molar-refractivity contribution is 0.0716. The number of carbonyl (C=O) groups excluding carboxylic acids is 1. The van der Waals surface area contributed by atoms with Crippen molar-refractivity contribution in [3.63, 3.8) is 0 Å². The minimum absolute atomic E-state index is 0. The molecule has 2 aromatic rings. The Morgan fingerprint density at radius 2 is 1.75 bits per heavy atom. The third-order valence-corrected chi connectivity index (χ3v) is 6.56. The SMILES string of the molecule is Cl.O=C1c2ccccc2CN1CC1CCN(CCSc2ccc(F)cc2)CC1. The number of benzene rings is 2. The molecule has 28 heavy (non-hydrogen) atoms. The Hall–Kier alpha value is -1.56. The first-order valence-corrected chi connectivity index (χ1v) is 10.7. The average molecular weight is 421 g/mol. The van der Waals surface area contributed by atoms with E-state index in [1.165, 1.54) is 12.1 Å². The Morgan fingerprint density at radius 1 is 1.04 bits per heavy atom. The number of halogens is 2. The second-order valence-corrected chi connectivity index (χ2v) is 8.60. The quantitative estimate of drug-likeness (QED) is 0.632. The highest BCUT2D eigenvalue weighted by molar-refractivity contribution is 7.99. The Labute approximate surface area is 176 Å². The number of hydrogen-bond donors (Lipinski definition) is 0.